The molecule has 34 heavy (non-hydrogen) atoms. The Labute approximate surface area is 195 Å². The summed E-state index contributed by atoms with van der Waals surface area (Å²) in [6.45, 7) is 5.31. The van der Waals surface area contributed by atoms with Crippen molar-refractivity contribution in [3.63, 3.8) is 0 Å². The molecular weight excluding hydrogens is 439 g/mol. The Hall–Kier alpha value is -3.56. The number of carbonyl (C=O) groups is 2. The first-order valence-electron chi connectivity index (χ1n) is 11.2. The van der Waals surface area contributed by atoms with Gasteiger partial charge in [-0.3, -0.25) is 18.9 Å². The molecule has 1 atom stereocenters. The number of aromatic nitrogens is 2. The number of benzene rings is 1. The zero-order valence-electron chi connectivity index (χ0n) is 18.8. The number of ether oxygens (including phenoxy) is 1. The summed E-state index contributed by atoms with van der Waals surface area (Å²) in [6.07, 6.45) is 1.74. The van der Waals surface area contributed by atoms with Crippen molar-refractivity contribution in [3.05, 3.63) is 77.0 Å². The highest BCUT2D eigenvalue weighted by molar-refractivity contribution is 6.46. The summed E-state index contributed by atoms with van der Waals surface area (Å²) in [5, 5.41) is 11.4. The fraction of sp³-hybridized carbons (Fsp3) is 0.320. The second kappa shape index (κ2) is 9.00. The lowest BCUT2D eigenvalue weighted by molar-refractivity contribution is -0.140. The van der Waals surface area contributed by atoms with E-state index in [0.717, 1.165) is 13.1 Å². The molecule has 0 saturated carbocycles. The van der Waals surface area contributed by atoms with Crippen molar-refractivity contribution in [2.24, 2.45) is 0 Å². The molecule has 2 fully saturated rings. The molecule has 0 aliphatic carbocycles. The Kier molecular flexibility index (Phi) is 5.89. The van der Waals surface area contributed by atoms with Gasteiger partial charge in [-0.25, -0.2) is 9.37 Å². The highest BCUT2D eigenvalue weighted by atomic mass is 19.1. The molecule has 2 saturated heterocycles. The zero-order valence-corrected chi connectivity index (χ0v) is 18.8. The lowest BCUT2D eigenvalue weighted by atomic mass is 9.96. The van der Waals surface area contributed by atoms with E-state index in [0.29, 0.717) is 42.4 Å². The molecule has 4 heterocycles. The summed E-state index contributed by atoms with van der Waals surface area (Å²) in [4.78, 5) is 34.5. The van der Waals surface area contributed by atoms with Gasteiger partial charge in [0.1, 0.15) is 17.2 Å². The Balaban J connectivity index is 1.60. The lowest BCUT2D eigenvalue weighted by Crippen LogP contribution is -2.42. The number of aliphatic hydroxyl groups excluding tert-OH is 1. The van der Waals surface area contributed by atoms with Gasteiger partial charge in [0.05, 0.1) is 30.5 Å². The first kappa shape index (κ1) is 22.2. The second-order valence-corrected chi connectivity index (χ2v) is 8.47. The fourth-order valence-corrected chi connectivity index (χ4v) is 4.70. The predicted molar refractivity (Wildman–Crippen MR) is 123 cm³/mol. The van der Waals surface area contributed by atoms with E-state index in [4.69, 9.17) is 4.74 Å². The van der Waals surface area contributed by atoms with E-state index in [2.05, 4.69) is 9.88 Å². The van der Waals surface area contributed by atoms with Crippen LogP contribution in [0.3, 0.4) is 0 Å². The Bertz CT molecular complexity index is 1280. The van der Waals surface area contributed by atoms with Gasteiger partial charge in [0, 0.05) is 32.4 Å². The summed E-state index contributed by atoms with van der Waals surface area (Å²) in [6, 6.07) is 10.2. The van der Waals surface area contributed by atoms with E-state index < -0.39 is 23.5 Å². The predicted octanol–water partition coefficient (Wildman–Crippen LogP) is 2.54. The minimum absolute atomic E-state index is 0.0210. The smallest absolute Gasteiger partial charge is 0.295 e. The van der Waals surface area contributed by atoms with Crippen molar-refractivity contribution in [3.8, 4) is 0 Å². The van der Waals surface area contributed by atoms with Gasteiger partial charge in [0.25, 0.3) is 11.7 Å². The van der Waals surface area contributed by atoms with Gasteiger partial charge in [0.2, 0.25) is 0 Å². The number of amides is 1. The zero-order chi connectivity index (χ0) is 23.8. The number of aliphatic hydroxyl groups is 1. The number of hydrogen-bond acceptors (Lipinski definition) is 6. The number of ketones is 1. The number of morpholine rings is 1. The number of pyridine rings is 1. The molecule has 0 spiro atoms. The topological polar surface area (TPSA) is 87.4 Å². The molecule has 8 nitrogen and oxygen atoms in total. The molecule has 1 amide bonds. The molecule has 1 aromatic carbocycles. The highest BCUT2D eigenvalue weighted by Gasteiger charge is 2.46. The van der Waals surface area contributed by atoms with E-state index in [9.17, 15) is 19.1 Å². The van der Waals surface area contributed by atoms with Crippen molar-refractivity contribution >= 4 is 23.1 Å². The van der Waals surface area contributed by atoms with Crippen molar-refractivity contribution in [2.75, 3.05) is 39.4 Å². The Morgan fingerprint density at radius 1 is 1.12 bits per heavy atom. The number of halogens is 1. The maximum Gasteiger partial charge on any atom is 0.295 e. The molecule has 3 aromatic rings. The van der Waals surface area contributed by atoms with Gasteiger partial charge >= 0.3 is 0 Å². The Morgan fingerprint density at radius 2 is 1.85 bits per heavy atom. The summed E-state index contributed by atoms with van der Waals surface area (Å²) in [5.74, 6) is -2.17. The molecule has 5 rings (SSSR count). The van der Waals surface area contributed by atoms with Crippen molar-refractivity contribution in [1.29, 1.82) is 0 Å². The third-order valence-corrected chi connectivity index (χ3v) is 6.42. The number of fused-ring (bicyclic) bond motifs is 1. The van der Waals surface area contributed by atoms with Gasteiger partial charge in [0.15, 0.2) is 5.76 Å². The van der Waals surface area contributed by atoms with Crippen LogP contribution >= 0.6 is 0 Å². The van der Waals surface area contributed by atoms with Gasteiger partial charge in [-0.2, -0.15) is 0 Å². The number of carbonyl (C=O) groups excluding carboxylic acids is 2. The van der Waals surface area contributed by atoms with Crippen LogP contribution in [0.25, 0.3) is 11.4 Å². The molecule has 2 aromatic heterocycles. The van der Waals surface area contributed by atoms with E-state index in [1.54, 1.807) is 41.8 Å². The average Bonchev–Trinajstić information content (AvgIpc) is 3.31. The molecule has 2 aliphatic heterocycles. The molecule has 0 bridgehead atoms. The number of aryl methyl sites for hydroxylation is 1. The maximum atomic E-state index is 13.7. The highest BCUT2D eigenvalue weighted by Crippen LogP contribution is 2.39. The van der Waals surface area contributed by atoms with Crippen molar-refractivity contribution in [2.45, 2.75) is 13.0 Å². The van der Waals surface area contributed by atoms with Crippen LogP contribution < -0.4 is 0 Å². The van der Waals surface area contributed by atoms with Crippen LogP contribution in [0, 0.1) is 12.7 Å². The SMILES string of the molecule is Cc1nc2ccccn2c1/C(O)=C1\C(=O)C(=O)N(CCN2CCOCC2)C1c1ccc(F)cc1. The second-order valence-electron chi connectivity index (χ2n) is 8.47. The van der Waals surface area contributed by atoms with Crippen molar-refractivity contribution in [1.82, 2.24) is 19.2 Å². The fourth-order valence-electron chi connectivity index (χ4n) is 4.70. The number of Topliss-reactive ketones (excluding diaryl/α,β-unsaturated/α-hetero) is 1. The minimum Gasteiger partial charge on any atom is -0.505 e. The van der Waals surface area contributed by atoms with E-state index >= 15 is 0 Å². The largest absolute Gasteiger partial charge is 0.505 e. The summed E-state index contributed by atoms with van der Waals surface area (Å²) in [7, 11) is 0. The van der Waals surface area contributed by atoms with Crippen LogP contribution in [0.5, 0.6) is 0 Å². The molecule has 1 N–H and O–H groups in total. The first-order valence-corrected chi connectivity index (χ1v) is 11.2. The maximum absolute atomic E-state index is 13.7. The quantitative estimate of drug-likeness (QED) is 0.355. The van der Waals surface area contributed by atoms with Crippen LogP contribution in [0.15, 0.2) is 54.2 Å². The van der Waals surface area contributed by atoms with Gasteiger partial charge in [-0.05, 0) is 36.8 Å². The summed E-state index contributed by atoms with van der Waals surface area (Å²) < 4.78 is 20.8. The molecule has 176 valence electrons. The number of likely N-dealkylation sites (tertiary alicyclic amines) is 1. The summed E-state index contributed by atoms with van der Waals surface area (Å²) in [5.41, 5.74) is 2.03. The van der Waals surface area contributed by atoms with Gasteiger partial charge in [-0.15, -0.1) is 0 Å². The first-order chi connectivity index (χ1) is 16.5. The third kappa shape index (κ3) is 3.86. The average molecular weight is 464 g/mol. The number of nitrogens with zero attached hydrogens (tertiary/aromatic N) is 4. The summed E-state index contributed by atoms with van der Waals surface area (Å²) >= 11 is 0. The molecule has 1 unspecified atom stereocenters. The number of rotatable bonds is 5. The minimum atomic E-state index is -0.838. The third-order valence-electron chi connectivity index (χ3n) is 6.42. The van der Waals surface area contributed by atoms with E-state index in [1.165, 1.54) is 17.0 Å². The van der Waals surface area contributed by atoms with Gasteiger partial charge in [-0.1, -0.05) is 18.2 Å². The van der Waals surface area contributed by atoms with Crippen LogP contribution in [0.4, 0.5) is 4.39 Å². The Morgan fingerprint density at radius 3 is 2.59 bits per heavy atom. The standard InChI is InChI=1S/C25H25FN4O4/c1-16-21(29-9-3-2-4-19(29)27-16)23(31)20-22(17-5-7-18(26)8-6-17)30(25(33)24(20)32)11-10-28-12-14-34-15-13-28/h2-9,22,31H,10-15H2,1H3/b23-20+. The van der Waals surface area contributed by atoms with E-state index in [-0.39, 0.29) is 17.9 Å². The van der Waals surface area contributed by atoms with Crippen LogP contribution in [-0.2, 0) is 14.3 Å². The monoisotopic (exact) mass is 464 g/mol. The van der Waals surface area contributed by atoms with E-state index in [1.807, 2.05) is 6.07 Å². The normalized spacial score (nSPS) is 21.0. The van der Waals surface area contributed by atoms with Crippen LogP contribution in [0.1, 0.15) is 23.0 Å². The lowest BCUT2D eigenvalue weighted by Gasteiger charge is -2.31. The number of imidazole rings is 1. The molecule has 0 radical (unpaired) electrons. The molecule has 9 heteroatoms. The van der Waals surface area contributed by atoms with Crippen LogP contribution in [-0.4, -0.2) is 75.4 Å². The number of hydrogen-bond donors (Lipinski definition) is 1. The van der Waals surface area contributed by atoms with Crippen molar-refractivity contribution < 1.29 is 23.8 Å². The molecular formula is C25H25FN4O4. The van der Waals surface area contributed by atoms with Crippen LogP contribution in [0.2, 0.25) is 0 Å². The van der Waals surface area contributed by atoms with Gasteiger partial charge < -0.3 is 14.7 Å². The molecule has 2 aliphatic rings.